The van der Waals surface area contributed by atoms with Crippen molar-refractivity contribution in [3.63, 3.8) is 0 Å². The Bertz CT molecular complexity index is 754. The quantitative estimate of drug-likeness (QED) is 0.781. The van der Waals surface area contributed by atoms with E-state index in [0.29, 0.717) is 11.8 Å². The van der Waals surface area contributed by atoms with Gasteiger partial charge in [-0.05, 0) is 42.8 Å². The molecule has 1 aromatic heterocycles. The Morgan fingerprint density at radius 1 is 1.00 bits per heavy atom. The van der Waals surface area contributed by atoms with Gasteiger partial charge in [0.1, 0.15) is 0 Å². The Hall–Kier alpha value is -2.20. The van der Waals surface area contributed by atoms with Gasteiger partial charge in [0, 0.05) is 11.5 Å². The van der Waals surface area contributed by atoms with Gasteiger partial charge in [-0.25, -0.2) is 0 Å². The number of nitrogens with zero attached hydrogens (tertiary/aromatic N) is 2. The number of hydrogen-bond acceptors (Lipinski definition) is 4. The molecule has 0 radical (unpaired) electrons. The van der Waals surface area contributed by atoms with E-state index in [-0.39, 0.29) is 0 Å². The number of benzene rings is 2. The van der Waals surface area contributed by atoms with Crippen molar-refractivity contribution in [2.45, 2.75) is 18.8 Å². The van der Waals surface area contributed by atoms with Crippen LogP contribution in [0.5, 0.6) is 0 Å². The number of aromatic nitrogens is 2. The molecule has 0 saturated carbocycles. The summed E-state index contributed by atoms with van der Waals surface area (Å²) in [6, 6.07) is 14.5. The Kier molecular flexibility index (Phi) is 3.16. The van der Waals surface area contributed by atoms with Gasteiger partial charge in [0.15, 0.2) is 5.82 Å². The standard InChI is InChI=1S/C17H17N3O/c1-2-6-14-12(4-1)5-3-7-15(14)17-19-16(20-21-17)13-8-10-18-11-9-13/h1-7,13,18H,8-11H2. The van der Waals surface area contributed by atoms with Gasteiger partial charge in [0.05, 0.1) is 0 Å². The molecular formula is C17H17N3O. The first kappa shape index (κ1) is 12.5. The Balaban J connectivity index is 1.74. The third kappa shape index (κ3) is 2.32. The van der Waals surface area contributed by atoms with Crippen LogP contribution >= 0.6 is 0 Å². The van der Waals surface area contributed by atoms with Crippen LogP contribution in [0.15, 0.2) is 47.0 Å². The highest BCUT2D eigenvalue weighted by molar-refractivity contribution is 5.94. The van der Waals surface area contributed by atoms with Crippen molar-refractivity contribution in [3.8, 4) is 11.5 Å². The van der Waals surface area contributed by atoms with Gasteiger partial charge in [-0.2, -0.15) is 4.98 Å². The summed E-state index contributed by atoms with van der Waals surface area (Å²) in [5, 5.41) is 9.91. The monoisotopic (exact) mass is 279 g/mol. The summed E-state index contributed by atoms with van der Waals surface area (Å²) < 4.78 is 5.53. The van der Waals surface area contributed by atoms with Crippen molar-refractivity contribution in [1.82, 2.24) is 15.5 Å². The highest BCUT2D eigenvalue weighted by atomic mass is 16.5. The zero-order chi connectivity index (χ0) is 14.1. The predicted octanol–water partition coefficient (Wildman–Crippen LogP) is 3.36. The first-order valence-corrected chi connectivity index (χ1v) is 7.44. The molecule has 0 aliphatic carbocycles. The average molecular weight is 279 g/mol. The molecule has 2 aromatic carbocycles. The maximum Gasteiger partial charge on any atom is 0.258 e. The fourth-order valence-corrected chi connectivity index (χ4v) is 3.00. The first-order chi connectivity index (χ1) is 10.4. The lowest BCUT2D eigenvalue weighted by Crippen LogP contribution is -2.27. The minimum Gasteiger partial charge on any atom is -0.334 e. The number of fused-ring (bicyclic) bond motifs is 1. The topological polar surface area (TPSA) is 51.0 Å². The molecule has 2 heterocycles. The van der Waals surface area contributed by atoms with Crippen molar-refractivity contribution in [1.29, 1.82) is 0 Å². The van der Waals surface area contributed by atoms with Crippen LogP contribution in [-0.2, 0) is 0 Å². The second kappa shape index (κ2) is 5.30. The average Bonchev–Trinajstić information content (AvgIpc) is 3.05. The maximum absolute atomic E-state index is 5.53. The predicted molar refractivity (Wildman–Crippen MR) is 82.1 cm³/mol. The van der Waals surface area contributed by atoms with Crippen molar-refractivity contribution in [2.75, 3.05) is 13.1 Å². The minimum absolute atomic E-state index is 0.415. The molecule has 0 unspecified atom stereocenters. The number of piperidine rings is 1. The SMILES string of the molecule is c1ccc2c(-c3nc(C4CCNCC4)no3)cccc2c1. The molecule has 106 valence electrons. The Labute approximate surface area is 123 Å². The number of hydrogen-bond donors (Lipinski definition) is 1. The van der Waals surface area contributed by atoms with Crippen molar-refractivity contribution in [3.05, 3.63) is 48.3 Å². The summed E-state index contributed by atoms with van der Waals surface area (Å²) in [6.45, 7) is 2.06. The van der Waals surface area contributed by atoms with E-state index in [1.807, 2.05) is 24.3 Å². The van der Waals surface area contributed by atoms with E-state index in [1.165, 1.54) is 5.39 Å². The Morgan fingerprint density at radius 3 is 2.71 bits per heavy atom. The lowest BCUT2D eigenvalue weighted by atomic mass is 9.97. The lowest BCUT2D eigenvalue weighted by Gasteiger charge is -2.18. The molecule has 1 aliphatic heterocycles. The minimum atomic E-state index is 0.415. The second-order valence-electron chi connectivity index (χ2n) is 5.51. The first-order valence-electron chi connectivity index (χ1n) is 7.44. The number of rotatable bonds is 2. The molecule has 1 aliphatic rings. The molecule has 1 N–H and O–H groups in total. The van der Waals surface area contributed by atoms with Gasteiger partial charge >= 0.3 is 0 Å². The molecule has 4 heteroatoms. The van der Waals surface area contributed by atoms with E-state index >= 15 is 0 Å². The van der Waals surface area contributed by atoms with Gasteiger partial charge in [-0.15, -0.1) is 0 Å². The highest BCUT2D eigenvalue weighted by Crippen LogP contribution is 2.29. The smallest absolute Gasteiger partial charge is 0.258 e. The normalized spacial score (nSPS) is 16.4. The van der Waals surface area contributed by atoms with Gasteiger partial charge in [-0.3, -0.25) is 0 Å². The second-order valence-corrected chi connectivity index (χ2v) is 5.51. The Morgan fingerprint density at radius 2 is 1.81 bits per heavy atom. The van der Waals surface area contributed by atoms with E-state index in [1.54, 1.807) is 0 Å². The third-order valence-corrected chi connectivity index (χ3v) is 4.17. The van der Waals surface area contributed by atoms with E-state index < -0.39 is 0 Å². The summed E-state index contributed by atoms with van der Waals surface area (Å²) in [7, 11) is 0. The molecule has 0 amide bonds. The van der Waals surface area contributed by atoms with Crippen LogP contribution in [-0.4, -0.2) is 23.2 Å². The van der Waals surface area contributed by atoms with E-state index in [0.717, 1.165) is 42.7 Å². The molecule has 1 saturated heterocycles. The van der Waals surface area contributed by atoms with Crippen LogP contribution in [0.25, 0.3) is 22.2 Å². The largest absolute Gasteiger partial charge is 0.334 e. The van der Waals surface area contributed by atoms with Gasteiger partial charge < -0.3 is 9.84 Å². The molecular weight excluding hydrogens is 262 g/mol. The molecule has 0 spiro atoms. The van der Waals surface area contributed by atoms with Crippen LogP contribution in [0.3, 0.4) is 0 Å². The van der Waals surface area contributed by atoms with Crippen molar-refractivity contribution >= 4 is 10.8 Å². The summed E-state index contributed by atoms with van der Waals surface area (Å²) in [4.78, 5) is 4.65. The number of nitrogens with one attached hydrogen (secondary N) is 1. The fraction of sp³-hybridized carbons (Fsp3) is 0.294. The summed E-state index contributed by atoms with van der Waals surface area (Å²) in [6.07, 6.45) is 2.16. The van der Waals surface area contributed by atoms with Gasteiger partial charge in [0.25, 0.3) is 5.89 Å². The highest BCUT2D eigenvalue weighted by Gasteiger charge is 2.21. The fourth-order valence-electron chi connectivity index (χ4n) is 3.00. The summed E-state index contributed by atoms with van der Waals surface area (Å²) >= 11 is 0. The van der Waals surface area contributed by atoms with Crippen LogP contribution in [0.2, 0.25) is 0 Å². The van der Waals surface area contributed by atoms with Gasteiger partial charge in [0.2, 0.25) is 0 Å². The zero-order valence-corrected chi connectivity index (χ0v) is 11.7. The third-order valence-electron chi connectivity index (χ3n) is 4.17. The van der Waals surface area contributed by atoms with E-state index in [4.69, 9.17) is 4.52 Å². The van der Waals surface area contributed by atoms with Crippen LogP contribution in [0.4, 0.5) is 0 Å². The van der Waals surface area contributed by atoms with Gasteiger partial charge in [-0.1, -0.05) is 41.6 Å². The summed E-state index contributed by atoms with van der Waals surface area (Å²) in [5.41, 5.74) is 1.01. The molecule has 1 fully saturated rings. The van der Waals surface area contributed by atoms with E-state index in [9.17, 15) is 0 Å². The lowest BCUT2D eigenvalue weighted by molar-refractivity contribution is 0.392. The molecule has 0 atom stereocenters. The van der Waals surface area contributed by atoms with E-state index in [2.05, 4.69) is 33.7 Å². The van der Waals surface area contributed by atoms with Crippen molar-refractivity contribution in [2.24, 2.45) is 0 Å². The van der Waals surface area contributed by atoms with Crippen LogP contribution in [0.1, 0.15) is 24.6 Å². The molecule has 0 bridgehead atoms. The molecule has 4 nitrogen and oxygen atoms in total. The molecule has 4 rings (SSSR count). The maximum atomic E-state index is 5.53. The molecule has 21 heavy (non-hydrogen) atoms. The molecule has 3 aromatic rings. The zero-order valence-electron chi connectivity index (χ0n) is 11.7. The van der Waals surface area contributed by atoms with Crippen LogP contribution in [0, 0.1) is 0 Å². The summed E-state index contributed by atoms with van der Waals surface area (Å²) in [5.74, 6) is 1.89. The van der Waals surface area contributed by atoms with Crippen LogP contribution < -0.4 is 5.32 Å². The van der Waals surface area contributed by atoms with Crippen molar-refractivity contribution < 1.29 is 4.52 Å².